The van der Waals surface area contributed by atoms with Crippen molar-refractivity contribution >= 4 is 6.29 Å². The number of rotatable bonds is 17. The van der Waals surface area contributed by atoms with E-state index in [4.69, 9.17) is 0 Å². The monoisotopic (exact) mass is 376 g/mol. The maximum atomic E-state index is 11.1. The van der Waals surface area contributed by atoms with Crippen LogP contribution in [0.5, 0.6) is 0 Å². The van der Waals surface area contributed by atoms with Crippen LogP contribution in [-0.4, -0.2) is 28.5 Å². The molecule has 1 N–H and O–H groups in total. The van der Waals surface area contributed by atoms with Crippen molar-refractivity contribution in [3.05, 3.63) is 58.7 Å². The largest absolute Gasteiger partial charge is 0.382 e. The number of aliphatic hydroxyl groups is 1. The first-order valence-electron chi connectivity index (χ1n) is 9.91. The van der Waals surface area contributed by atoms with Gasteiger partial charge in [-0.05, 0) is 44.9 Å². The van der Waals surface area contributed by atoms with Gasteiger partial charge in [-0.15, -0.1) is 0 Å². The van der Waals surface area contributed by atoms with E-state index < -0.39 is 17.1 Å². The number of nitrogens with zero attached hydrogens (tertiary/aromatic N) is 1. The lowest BCUT2D eigenvalue weighted by Gasteiger charge is -2.10. The van der Waals surface area contributed by atoms with Gasteiger partial charge in [0.15, 0.2) is 6.29 Å². The molecule has 0 saturated heterocycles. The molecule has 151 valence electrons. The van der Waals surface area contributed by atoms with Crippen LogP contribution >= 0.6 is 0 Å². The van der Waals surface area contributed by atoms with Gasteiger partial charge in [-0.25, -0.2) is 0 Å². The molecular weight excluding hydrogens is 342 g/mol. The van der Waals surface area contributed by atoms with Crippen molar-refractivity contribution < 1.29 is 14.8 Å². The lowest BCUT2D eigenvalue weighted by molar-refractivity contribution is -0.530. The first kappa shape index (κ1) is 25.0. The minimum absolute atomic E-state index is 0.222. The van der Waals surface area contributed by atoms with E-state index in [1.807, 2.05) is 24.5 Å². The Bertz CT molecular complexity index is 495. The lowest BCUT2D eigenvalue weighted by Crippen LogP contribution is -2.31. The Hall–Kier alpha value is -2.01. The van der Waals surface area contributed by atoms with Gasteiger partial charge in [0.05, 0.1) is 0 Å². The highest BCUT2D eigenvalue weighted by Gasteiger charge is 2.26. The van der Waals surface area contributed by atoms with Gasteiger partial charge in [0.2, 0.25) is 6.04 Å². The summed E-state index contributed by atoms with van der Waals surface area (Å²) in [5, 5.41) is 21.2. The molecule has 0 heterocycles. The minimum Gasteiger partial charge on any atom is -0.382 e. The molecule has 0 amide bonds. The highest BCUT2D eigenvalue weighted by Crippen LogP contribution is 2.09. The molecule has 1 radical (unpaired) electrons. The van der Waals surface area contributed by atoms with Crippen LogP contribution in [0.3, 0.4) is 0 Å². The number of hydrogen-bond donors (Lipinski definition) is 1. The molecule has 0 aliphatic rings. The van der Waals surface area contributed by atoms with E-state index in [-0.39, 0.29) is 6.42 Å². The molecule has 0 aliphatic heterocycles. The summed E-state index contributed by atoms with van der Waals surface area (Å²) in [6, 6.07) is -1.01. The predicted molar refractivity (Wildman–Crippen MR) is 111 cm³/mol. The van der Waals surface area contributed by atoms with Crippen molar-refractivity contribution in [2.24, 2.45) is 0 Å². The molecule has 0 fully saturated rings. The van der Waals surface area contributed by atoms with Crippen molar-refractivity contribution in [2.45, 2.75) is 83.3 Å². The average Bonchev–Trinajstić information content (AvgIpc) is 2.65. The SMILES string of the molecule is CC/C=C\C/C=C\CC(C(O)/C=C\CC/C=C\CCCCC[C]=O)[N+](=O)[O-]. The van der Waals surface area contributed by atoms with Crippen molar-refractivity contribution in [1.82, 2.24) is 0 Å². The molecule has 0 aromatic heterocycles. The van der Waals surface area contributed by atoms with Crippen LogP contribution in [0.15, 0.2) is 48.6 Å². The normalized spacial score (nSPS) is 14.6. The molecule has 2 atom stereocenters. The summed E-state index contributed by atoms with van der Waals surface area (Å²) < 4.78 is 0. The van der Waals surface area contributed by atoms with Gasteiger partial charge >= 0.3 is 0 Å². The van der Waals surface area contributed by atoms with Crippen molar-refractivity contribution in [3.63, 3.8) is 0 Å². The van der Waals surface area contributed by atoms with E-state index in [0.29, 0.717) is 6.42 Å². The van der Waals surface area contributed by atoms with Crippen LogP contribution in [0.4, 0.5) is 0 Å². The predicted octanol–water partition coefficient (Wildman–Crippen LogP) is 5.25. The molecule has 0 saturated carbocycles. The standard InChI is InChI=1S/C22H34NO4/c1-2-3-4-5-12-15-18-21(23(26)27)22(25)19-16-13-10-8-6-7-9-11-14-17-20-24/h3-4,6,8,12,15-16,19,21-22,25H,2,5,7,9-11,13-14,17-18H2,1H3/b4-3-,8-6-,15-12-,19-16-. The summed E-state index contributed by atoms with van der Waals surface area (Å²) in [6.45, 7) is 2.05. The van der Waals surface area contributed by atoms with Crippen LogP contribution in [0, 0.1) is 10.1 Å². The number of allylic oxidation sites excluding steroid dienone is 6. The van der Waals surface area contributed by atoms with Gasteiger partial charge in [-0.3, -0.25) is 14.9 Å². The quantitative estimate of drug-likeness (QED) is 0.163. The van der Waals surface area contributed by atoms with E-state index in [1.165, 1.54) is 6.08 Å². The van der Waals surface area contributed by atoms with Crippen LogP contribution in [0.2, 0.25) is 0 Å². The fraction of sp³-hybridized carbons (Fsp3) is 0.591. The molecule has 0 spiro atoms. The van der Waals surface area contributed by atoms with E-state index in [0.717, 1.165) is 51.4 Å². The van der Waals surface area contributed by atoms with Crippen molar-refractivity contribution in [3.8, 4) is 0 Å². The zero-order valence-corrected chi connectivity index (χ0v) is 16.5. The van der Waals surface area contributed by atoms with E-state index in [9.17, 15) is 20.0 Å². The molecule has 2 unspecified atom stereocenters. The molecule has 0 aromatic rings. The number of carbonyl (C=O) groups excluding carboxylic acids is 1. The summed E-state index contributed by atoms with van der Waals surface area (Å²) in [7, 11) is 0. The molecule has 0 aromatic carbocycles. The first-order chi connectivity index (χ1) is 13.1. The van der Waals surface area contributed by atoms with Crippen molar-refractivity contribution in [2.75, 3.05) is 0 Å². The minimum atomic E-state index is -1.07. The van der Waals surface area contributed by atoms with Crippen LogP contribution in [-0.2, 0) is 4.79 Å². The van der Waals surface area contributed by atoms with E-state index >= 15 is 0 Å². The van der Waals surface area contributed by atoms with E-state index in [1.54, 1.807) is 12.2 Å². The summed E-state index contributed by atoms with van der Waals surface area (Å²) in [5.74, 6) is 0. The Morgan fingerprint density at radius 1 is 0.963 bits per heavy atom. The van der Waals surface area contributed by atoms with Gasteiger partial charge < -0.3 is 5.11 Å². The second kappa shape index (κ2) is 18.8. The summed E-state index contributed by atoms with van der Waals surface area (Å²) in [5.41, 5.74) is 0. The van der Waals surface area contributed by atoms with Gasteiger partial charge in [0.25, 0.3) is 0 Å². The number of unbranched alkanes of at least 4 members (excludes halogenated alkanes) is 5. The highest BCUT2D eigenvalue weighted by atomic mass is 16.6. The summed E-state index contributed by atoms with van der Waals surface area (Å²) >= 11 is 0. The Kier molecular flexibility index (Phi) is 17.4. The third-order valence-corrected chi connectivity index (χ3v) is 4.03. The van der Waals surface area contributed by atoms with Crippen LogP contribution < -0.4 is 0 Å². The van der Waals surface area contributed by atoms with Crippen LogP contribution in [0.1, 0.15) is 71.1 Å². The molecule has 27 heavy (non-hydrogen) atoms. The Morgan fingerprint density at radius 3 is 2.37 bits per heavy atom. The average molecular weight is 377 g/mol. The first-order valence-corrected chi connectivity index (χ1v) is 9.91. The zero-order valence-electron chi connectivity index (χ0n) is 16.5. The lowest BCUT2D eigenvalue weighted by atomic mass is 10.1. The molecule has 0 aliphatic carbocycles. The number of aliphatic hydroxyl groups excluding tert-OH is 1. The van der Waals surface area contributed by atoms with Gasteiger partial charge in [-0.1, -0.05) is 62.0 Å². The van der Waals surface area contributed by atoms with Crippen LogP contribution in [0.25, 0.3) is 0 Å². The molecular formula is C22H34NO4. The maximum Gasteiger partial charge on any atom is 0.245 e. The topological polar surface area (TPSA) is 80.4 Å². The Morgan fingerprint density at radius 2 is 1.67 bits per heavy atom. The van der Waals surface area contributed by atoms with Gasteiger partial charge in [-0.2, -0.15) is 0 Å². The number of nitro groups is 1. The second-order valence-electron chi connectivity index (χ2n) is 6.39. The highest BCUT2D eigenvalue weighted by molar-refractivity contribution is 5.50. The molecule has 0 bridgehead atoms. The third kappa shape index (κ3) is 15.9. The Balaban J connectivity index is 4.03. The Labute approximate surface area is 163 Å². The summed E-state index contributed by atoms with van der Waals surface area (Å²) in [4.78, 5) is 20.8. The third-order valence-electron chi connectivity index (χ3n) is 4.03. The maximum absolute atomic E-state index is 11.1. The fourth-order valence-corrected chi connectivity index (χ4v) is 2.45. The van der Waals surface area contributed by atoms with Gasteiger partial charge in [0, 0.05) is 17.8 Å². The van der Waals surface area contributed by atoms with Gasteiger partial charge in [0.1, 0.15) is 6.10 Å². The summed E-state index contributed by atoms with van der Waals surface area (Å²) in [6.07, 6.45) is 24.1. The second-order valence-corrected chi connectivity index (χ2v) is 6.39. The molecule has 0 rings (SSSR count). The smallest absolute Gasteiger partial charge is 0.245 e. The number of hydrogen-bond acceptors (Lipinski definition) is 4. The van der Waals surface area contributed by atoms with E-state index in [2.05, 4.69) is 19.1 Å². The molecule has 5 heteroatoms. The zero-order chi connectivity index (χ0) is 20.2. The van der Waals surface area contributed by atoms with Crippen molar-refractivity contribution in [1.29, 1.82) is 0 Å². The fourth-order valence-electron chi connectivity index (χ4n) is 2.45. The molecule has 5 nitrogen and oxygen atoms in total.